The van der Waals surface area contributed by atoms with Crippen molar-refractivity contribution in [2.24, 2.45) is 0 Å². The SMILES string of the molecule is CCOc1ccc(NC(=O)c2ccc(Br)s2)cc1OC. The first-order chi connectivity index (χ1) is 9.63. The van der Waals surface area contributed by atoms with Crippen LogP contribution in [0.5, 0.6) is 11.5 Å². The van der Waals surface area contributed by atoms with E-state index in [1.54, 1.807) is 31.4 Å². The number of carbonyl (C=O) groups is 1. The van der Waals surface area contributed by atoms with E-state index in [0.29, 0.717) is 28.7 Å². The number of rotatable bonds is 5. The van der Waals surface area contributed by atoms with Crippen LogP contribution in [0.15, 0.2) is 34.1 Å². The molecule has 0 aliphatic carbocycles. The number of carbonyl (C=O) groups excluding carboxylic acids is 1. The summed E-state index contributed by atoms with van der Waals surface area (Å²) in [5, 5.41) is 2.83. The smallest absolute Gasteiger partial charge is 0.265 e. The molecule has 1 aromatic heterocycles. The van der Waals surface area contributed by atoms with Crippen molar-refractivity contribution in [1.82, 2.24) is 0 Å². The number of anilines is 1. The minimum absolute atomic E-state index is 0.146. The molecule has 0 saturated heterocycles. The molecule has 2 aromatic rings. The fourth-order valence-electron chi connectivity index (χ4n) is 1.65. The highest BCUT2D eigenvalue weighted by Crippen LogP contribution is 2.30. The van der Waals surface area contributed by atoms with Gasteiger partial charge in [0.25, 0.3) is 5.91 Å². The molecule has 20 heavy (non-hydrogen) atoms. The Morgan fingerprint density at radius 2 is 2.10 bits per heavy atom. The first-order valence-corrected chi connectivity index (χ1v) is 7.62. The quantitative estimate of drug-likeness (QED) is 0.875. The number of benzene rings is 1. The molecule has 0 saturated carbocycles. The molecule has 0 radical (unpaired) electrons. The molecule has 2 rings (SSSR count). The lowest BCUT2D eigenvalue weighted by molar-refractivity contribution is 0.103. The molecule has 0 bridgehead atoms. The van der Waals surface area contributed by atoms with Crippen molar-refractivity contribution in [2.45, 2.75) is 6.92 Å². The Balaban J connectivity index is 2.15. The molecule has 1 amide bonds. The summed E-state index contributed by atoms with van der Waals surface area (Å²) in [7, 11) is 1.57. The van der Waals surface area contributed by atoms with Gasteiger partial charge in [-0.1, -0.05) is 0 Å². The second kappa shape index (κ2) is 6.76. The molecule has 4 nitrogen and oxygen atoms in total. The summed E-state index contributed by atoms with van der Waals surface area (Å²) in [4.78, 5) is 12.7. The summed E-state index contributed by atoms with van der Waals surface area (Å²) in [6.07, 6.45) is 0. The van der Waals surface area contributed by atoms with Gasteiger partial charge in [-0.05, 0) is 47.1 Å². The van der Waals surface area contributed by atoms with Crippen molar-refractivity contribution in [3.05, 3.63) is 39.0 Å². The molecular weight excluding hydrogens is 342 g/mol. The minimum atomic E-state index is -0.146. The summed E-state index contributed by atoms with van der Waals surface area (Å²) in [6.45, 7) is 2.47. The monoisotopic (exact) mass is 355 g/mol. The maximum Gasteiger partial charge on any atom is 0.265 e. The largest absolute Gasteiger partial charge is 0.493 e. The van der Waals surface area contributed by atoms with Crippen LogP contribution < -0.4 is 14.8 Å². The van der Waals surface area contributed by atoms with Gasteiger partial charge < -0.3 is 14.8 Å². The van der Waals surface area contributed by atoms with E-state index in [0.717, 1.165) is 3.79 Å². The normalized spacial score (nSPS) is 10.2. The van der Waals surface area contributed by atoms with Crippen LogP contribution in [0.25, 0.3) is 0 Å². The van der Waals surface area contributed by atoms with Crippen molar-refractivity contribution in [3.8, 4) is 11.5 Å². The lowest BCUT2D eigenvalue weighted by Gasteiger charge is -2.11. The highest BCUT2D eigenvalue weighted by molar-refractivity contribution is 9.11. The van der Waals surface area contributed by atoms with E-state index in [9.17, 15) is 4.79 Å². The maximum atomic E-state index is 12.0. The Kier molecular flexibility index (Phi) is 5.03. The van der Waals surface area contributed by atoms with Crippen LogP contribution >= 0.6 is 27.3 Å². The molecule has 0 unspecified atom stereocenters. The summed E-state index contributed by atoms with van der Waals surface area (Å²) >= 11 is 4.72. The summed E-state index contributed by atoms with van der Waals surface area (Å²) in [5.74, 6) is 1.11. The predicted octanol–water partition coefficient (Wildman–Crippen LogP) is 4.17. The number of halogens is 1. The van der Waals surface area contributed by atoms with Gasteiger partial charge in [0, 0.05) is 11.8 Å². The minimum Gasteiger partial charge on any atom is -0.493 e. The van der Waals surface area contributed by atoms with Crippen molar-refractivity contribution >= 4 is 38.9 Å². The highest BCUT2D eigenvalue weighted by Gasteiger charge is 2.11. The van der Waals surface area contributed by atoms with E-state index in [-0.39, 0.29) is 5.91 Å². The van der Waals surface area contributed by atoms with Gasteiger partial charge in [-0.3, -0.25) is 4.79 Å². The molecule has 0 aliphatic rings. The number of amides is 1. The molecule has 1 aromatic carbocycles. The summed E-state index contributed by atoms with van der Waals surface area (Å²) in [5.41, 5.74) is 0.667. The van der Waals surface area contributed by atoms with Crippen LogP contribution in [-0.2, 0) is 0 Å². The molecule has 106 valence electrons. The summed E-state index contributed by atoms with van der Waals surface area (Å²) in [6, 6.07) is 8.93. The third-order valence-electron chi connectivity index (χ3n) is 2.52. The summed E-state index contributed by atoms with van der Waals surface area (Å²) < 4.78 is 11.6. The highest BCUT2D eigenvalue weighted by atomic mass is 79.9. The first-order valence-electron chi connectivity index (χ1n) is 6.01. The third kappa shape index (κ3) is 3.52. The molecule has 0 aliphatic heterocycles. The Labute approximate surface area is 129 Å². The van der Waals surface area contributed by atoms with E-state index < -0.39 is 0 Å². The second-order valence-electron chi connectivity index (χ2n) is 3.86. The third-order valence-corrected chi connectivity index (χ3v) is 4.14. The Morgan fingerprint density at radius 3 is 2.70 bits per heavy atom. The van der Waals surface area contributed by atoms with Crippen LogP contribution in [0.1, 0.15) is 16.6 Å². The van der Waals surface area contributed by atoms with Crippen molar-refractivity contribution in [1.29, 1.82) is 0 Å². The van der Waals surface area contributed by atoms with Gasteiger partial charge in [-0.15, -0.1) is 11.3 Å². The van der Waals surface area contributed by atoms with Gasteiger partial charge in [0.05, 0.1) is 22.4 Å². The lowest BCUT2D eigenvalue weighted by atomic mass is 10.2. The zero-order chi connectivity index (χ0) is 14.5. The van der Waals surface area contributed by atoms with Gasteiger partial charge in [-0.25, -0.2) is 0 Å². The topological polar surface area (TPSA) is 47.6 Å². The standard InChI is InChI=1S/C14H14BrNO3S/c1-3-19-10-5-4-9(8-11(10)18-2)16-14(17)12-6-7-13(15)20-12/h4-8H,3H2,1-2H3,(H,16,17). The Morgan fingerprint density at radius 1 is 1.30 bits per heavy atom. The van der Waals surface area contributed by atoms with Gasteiger partial charge in [0.15, 0.2) is 11.5 Å². The number of thiophene rings is 1. The lowest BCUT2D eigenvalue weighted by Crippen LogP contribution is -2.10. The number of hydrogen-bond acceptors (Lipinski definition) is 4. The Bertz CT molecular complexity index is 612. The zero-order valence-corrected chi connectivity index (χ0v) is 13.5. The second-order valence-corrected chi connectivity index (χ2v) is 6.32. The van der Waals surface area contributed by atoms with E-state index in [1.165, 1.54) is 11.3 Å². The number of nitrogens with one attached hydrogen (secondary N) is 1. The van der Waals surface area contributed by atoms with Crippen LogP contribution in [0, 0.1) is 0 Å². The van der Waals surface area contributed by atoms with Gasteiger partial charge in [-0.2, -0.15) is 0 Å². The number of methoxy groups -OCH3 is 1. The van der Waals surface area contributed by atoms with Crippen molar-refractivity contribution in [2.75, 3.05) is 19.0 Å². The van der Waals surface area contributed by atoms with Crippen LogP contribution in [0.4, 0.5) is 5.69 Å². The van der Waals surface area contributed by atoms with Crippen LogP contribution in [-0.4, -0.2) is 19.6 Å². The van der Waals surface area contributed by atoms with E-state index >= 15 is 0 Å². The molecular formula is C14H14BrNO3S. The molecule has 0 fully saturated rings. The number of hydrogen-bond donors (Lipinski definition) is 1. The molecule has 6 heteroatoms. The molecule has 1 N–H and O–H groups in total. The average molecular weight is 356 g/mol. The van der Waals surface area contributed by atoms with Crippen molar-refractivity contribution < 1.29 is 14.3 Å². The van der Waals surface area contributed by atoms with Gasteiger partial charge in [0.2, 0.25) is 0 Å². The van der Waals surface area contributed by atoms with E-state index in [2.05, 4.69) is 21.2 Å². The van der Waals surface area contributed by atoms with Crippen molar-refractivity contribution in [3.63, 3.8) is 0 Å². The molecule has 0 spiro atoms. The number of ether oxygens (including phenoxy) is 2. The van der Waals surface area contributed by atoms with Gasteiger partial charge in [0.1, 0.15) is 0 Å². The zero-order valence-electron chi connectivity index (χ0n) is 11.1. The average Bonchev–Trinajstić information content (AvgIpc) is 2.87. The van der Waals surface area contributed by atoms with Crippen LogP contribution in [0.2, 0.25) is 0 Å². The van der Waals surface area contributed by atoms with E-state index in [4.69, 9.17) is 9.47 Å². The van der Waals surface area contributed by atoms with Crippen LogP contribution in [0.3, 0.4) is 0 Å². The molecule has 1 heterocycles. The van der Waals surface area contributed by atoms with E-state index in [1.807, 2.05) is 13.0 Å². The predicted molar refractivity (Wildman–Crippen MR) is 84.1 cm³/mol. The first kappa shape index (κ1) is 14.9. The van der Waals surface area contributed by atoms with Gasteiger partial charge >= 0.3 is 0 Å². The molecule has 0 atom stereocenters. The fraction of sp³-hybridized carbons (Fsp3) is 0.214. The fourth-order valence-corrected chi connectivity index (χ4v) is 2.93. The Hall–Kier alpha value is -1.53. The maximum absolute atomic E-state index is 12.0.